The summed E-state index contributed by atoms with van der Waals surface area (Å²) in [7, 11) is -3.64. The number of benzene rings is 1. The first-order chi connectivity index (χ1) is 9.76. The molecule has 0 aliphatic carbocycles. The maximum atomic E-state index is 12.6. The van der Waals surface area contributed by atoms with E-state index in [-0.39, 0.29) is 11.6 Å². The quantitative estimate of drug-likeness (QED) is 0.890. The highest BCUT2D eigenvalue weighted by molar-refractivity contribution is 7.88. The molecule has 2 rings (SSSR count). The van der Waals surface area contributed by atoms with Crippen molar-refractivity contribution in [2.45, 2.75) is 30.8 Å². The van der Waals surface area contributed by atoms with E-state index >= 15 is 0 Å². The van der Waals surface area contributed by atoms with Gasteiger partial charge in [0.2, 0.25) is 10.0 Å². The minimum absolute atomic E-state index is 0.131. The predicted octanol–water partition coefficient (Wildman–Crippen LogP) is 1.88. The molecule has 8 heteroatoms. The summed E-state index contributed by atoms with van der Waals surface area (Å²) in [5, 5.41) is 3.11. The fourth-order valence-electron chi connectivity index (χ4n) is 2.29. The normalized spacial score (nSPS) is 17.9. The molecule has 118 valence electrons. The molecule has 1 aliphatic rings. The van der Waals surface area contributed by atoms with E-state index in [4.69, 9.17) is 0 Å². The van der Waals surface area contributed by atoms with Gasteiger partial charge in [0.1, 0.15) is 0 Å². The lowest BCUT2D eigenvalue weighted by Crippen LogP contribution is -2.43. The SMILES string of the molecule is O=S(=O)(Cc1cccc(C(F)(F)F)c1)NC1CCNCC1. The summed E-state index contributed by atoms with van der Waals surface area (Å²) in [6.45, 7) is 1.47. The lowest BCUT2D eigenvalue weighted by atomic mass is 10.1. The van der Waals surface area contributed by atoms with Crippen LogP contribution in [0.1, 0.15) is 24.0 Å². The molecule has 1 fully saturated rings. The summed E-state index contributed by atoms with van der Waals surface area (Å²) in [6, 6.07) is 4.26. The van der Waals surface area contributed by atoms with Crippen LogP contribution in [0.25, 0.3) is 0 Å². The van der Waals surface area contributed by atoms with Crippen LogP contribution in [0, 0.1) is 0 Å². The molecule has 1 aromatic rings. The van der Waals surface area contributed by atoms with Crippen molar-refractivity contribution in [2.24, 2.45) is 0 Å². The molecule has 0 saturated carbocycles. The minimum Gasteiger partial charge on any atom is -0.317 e. The van der Waals surface area contributed by atoms with Crippen LogP contribution in [0.15, 0.2) is 24.3 Å². The molecule has 0 spiro atoms. The molecule has 0 atom stereocenters. The summed E-state index contributed by atoms with van der Waals surface area (Å²) in [6.07, 6.45) is -3.11. The number of nitrogens with one attached hydrogen (secondary N) is 2. The Balaban J connectivity index is 2.06. The molecule has 0 aromatic heterocycles. The Morgan fingerprint density at radius 1 is 1.24 bits per heavy atom. The van der Waals surface area contributed by atoms with E-state index in [2.05, 4.69) is 10.0 Å². The van der Waals surface area contributed by atoms with Gasteiger partial charge >= 0.3 is 6.18 Å². The lowest BCUT2D eigenvalue weighted by Gasteiger charge is -2.23. The van der Waals surface area contributed by atoms with Crippen LogP contribution in [0.4, 0.5) is 13.2 Å². The Kier molecular flexibility index (Phi) is 4.90. The molecule has 0 unspecified atom stereocenters. The first-order valence-electron chi connectivity index (χ1n) is 6.63. The van der Waals surface area contributed by atoms with Crippen LogP contribution in [-0.2, 0) is 22.0 Å². The van der Waals surface area contributed by atoms with E-state index in [0.717, 1.165) is 25.2 Å². The van der Waals surface area contributed by atoms with Crippen molar-refractivity contribution in [2.75, 3.05) is 13.1 Å². The third kappa shape index (κ3) is 4.98. The summed E-state index contributed by atoms with van der Waals surface area (Å²) >= 11 is 0. The topological polar surface area (TPSA) is 58.2 Å². The van der Waals surface area contributed by atoms with Crippen LogP contribution in [0.3, 0.4) is 0 Å². The molecule has 4 nitrogen and oxygen atoms in total. The highest BCUT2D eigenvalue weighted by Gasteiger charge is 2.30. The van der Waals surface area contributed by atoms with Gasteiger partial charge in [-0.3, -0.25) is 0 Å². The Hall–Kier alpha value is -1.12. The number of hydrogen-bond acceptors (Lipinski definition) is 3. The molecule has 0 radical (unpaired) electrons. The fraction of sp³-hybridized carbons (Fsp3) is 0.538. The van der Waals surface area contributed by atoms with Gasteiger partial charge in [-0.25, -0.2) is 13.1 Å². The van der Waals surface area contributed by atoms with Gasteiger partial charge in [-0.05, 0) is 37.6 Å². The Morgan fingerprint density at radius 2 is 1.90 bits per heavy atom. The maximum Gasteiger partial charge on any atom is 0.416 e. The van der Waals surface area contributed by atoms with E-state index in [1.807, 2.05) is 0 Å². The van der Waals surface area contributed by atoms with Crippen molar-refractivity contribution in [3.05, 3.63) is 35.4 Å². The van der Waals surface area contributed by atoms with Crippen LogP contribution in [-0.4, -0.2) is 27.5 Å². The van der Waals surface area contributed by atoms with Crippen LogP contribution in [0.5, 0.6) is 0 Å². The molecule has 1 saturated heterocycles. The second-order valence-electron chi connectivity index (χ2n) is 5.10. The number of rotatable bonds is 4. The van der Waals surface area contributed by atoms with Gasteiger partial charge in [0.15, 0.2) is 0 Å². The highest BCUT2D eigenvalue weighted by Crippen LogP contribution is 2.29. The summed E-state index contributed by atoms with van der Waals surface area (Å²) in [5.74, 6) is -0.444. The maximum absolute atomic E-state index is 12.6. The minimum atomic E-state index is -4.47. The van der Waals surface area contributed by atoms with E-state index in [1.54, 1.807) is 0 Å². The standard InChI is InChI=1S/C13H17F3N2O2S/c14-13(15,16)11-3-1-2-10(8-11)9-21(19,20)18-12-4-6-17-7-5-12/h1-3,8,12,17-18H,4-7,9H2. The molecule has 1 heterocycles. The van der Waals surface area contributed by atoms with E-state index in [9.17, 15) is 21.6 Å². The number of hydrogen-bond donors (Lipinski definition) is 2. The largest absolute Gasteiger partial charge is 0.416 e. The fourth-order valence-corrected chi connectivity index (χ4v) is 3.74. The van der Waals surface area contributed by atoms with Gasteiger partial charge in [0, 0.05) is 6.04 Å². The Morgan fingerprint density at radius 3 is 2.52 bits per heavy atom. The summed E-state index contributed by atoms with van der Waals surface area (Å²) in [5.41, 5.74) is -0.705. The van der Waals surface area contributed by atoms with Crippen LogP contribution >= 0.6 is 0 Å². The molecule has 0 amide bonds. The number of piperidine rings is 1. The van der Waals surface area contributed by atoms with Crippen LogP contribution < -0.4 is 10.0 Å². The Bertz CT molecular complexity index is 581. The molecule has 1 aromatic carbocycles. The van der Waals surface area contributed by atoms with E-state index < -0.39 is 27.5 Å². The highest BCUT2D eigenvalue weighted by atomic mass is 32.2. The average molecular weight is 322 g/mol. The molecule has 21 heavy (non-hydrogen) atoms. The summed E-state index contributed by atoms with van der Waals surface area (Å²) in [4.78, 5) is 0. The van der Waals surface area contributed by atoms with Gasteiger partial charge < -0.3 is 5.32 Å². The number of sulfonamides is 1. The first-order valence-corrected chi connectivity index (χ1v) is 8.28. The molecular weight excluding hydrogens is 305 g/mol. The predicted molar refractivity (Wildman–Crippen MR) is 73.1 cm³/mol. The zero-order chi connectivity index (χ0) is 15.5. The third-order valence-electron chi connectivity index (χ3n) is 3.30. The van der Waals surface area contributed by atoms with Crippen molar-refractivity contribution in [1.29, 1.82) is 0 Å². The van der Waals surface area contributed by atoms with Crippen molar-refractivity contribution >= 4 is 10.0 Å². The van der Waals surface area contributed by atoms with Crippen molar-refractivity contribution < 1.29 is 21.6 Å². The third-order valence-corrected chi connectivity index (χ3v) is 4.70. The number of alkyl halides is 3. The van der Waals surface area contributed by atoms with Crippen molar-refractivity contribution in [1.82, 2.24) is 10.0 Å². The Labute approximate surface area is 121 Å². The number of halogens is 3. The van der Waals surface area contributed by atoms with Gasteiger partial charge in [0.25, 0.3) is 0 Å². The molecule has 1 aliphatic heterocycles. The molecule has 2 N–H and O–H groups in total. The summed E-state index contributed by atoms with van der Waals surface area (Å²) < 4.78 is 64.4. The van der Waals surface area contributed by atoms with Gasteiger partial charge in [-0.2, -0.15) is 13.2 Å². The second-order valence-corrected chi connectivity index (χ2v) is 6.85. The lowest BCUT2D eigenvalue weighted by molar-refractivity contribution is -0.137. The van der Waals surface area contributed by atoms with Gasteiger partial charge in [0.05, 0.1) is 11.3 Å². The average Bonchev–Trinajstić information content (AvgIpc) is 2.38. The zero-order valence-electron chi connectivity index (χ0n) is 11.3. The second kappa shape index (κ2) is 6.33. The van der Waals surface area contributed by atoms with E-state index in [0.29, 0.717) is 12.8 Å². The van der Waals surface area contributed by atoms with Crippen molar-refractivity contribution in [3.63, 3.8) is 0 Å². The molecular formula is C13H17F3N2O2S. The van der Waals surface area contributed by atoms with Gasteiger partial charge in [-0.1, -0.05) is 18.2 Å². The first kappa shape index (κ1) is 16.3. The zero-order valence-corrected chi connectivity index (χ0v) is 12.1. The van der Waals surface area contributed by atoms with Crippen molar-refractivity contribution in [3.8, 4) is 0 Å². The van der Waals surface area contributed by atoms with E-state index in [1.165, 1.54) is 12.1 Å². The van der Waals surface area contributed by atoms with Crippen LogP contribution in [0.2, 0.25) is 0 Å². The smallest absolute Gasteiger partial charge is 0.317 e. The molecule has 0 bridgehead atoms. The van der Waals surface area contributed by atoms with Gasteiger partial charge in [-0.15, -0.1) is 0 Å². The monoisotopic (exact) mass is 322 g/mol.